The minimum Gasteiger partial charge on any atom is -0.394 e. The second-order valence-corrected chi connectivity index (χ2v) is 5.53. The third kappa shape index (κ3) is 3.87. The fraction of sp³-hybridized carbons (Fsp3) is 0.333. The van der Waals surface area contributed by atoms with Crippen LogP contribution in [0.1, 0.15) is 0 Å². The van der Waals surface area contributed by atoms with Gasteiger partial charge in [-0.25, -0.2) is 9.37 Å². The van der Waals surface area contributed by atoms with Gasteiger partial charge in [-0.3, -0.25) is 0 Å². The number of anilines is 3. The van der Waals surface area contributed by atoms with E-state index in [2.05, 4.69) is 15.3 Å². The molecular weight excluding hydrogens is 323 g/mol. The van der Waals surface area contributed by atoms with E-state index in [1.165, 1.54) is 18.3 Å². The van der Waals surface area contributed by atoms with Crippen LogP contribution in [0.5, 0.6) is 0 Å². The summed E-state index contributed by atoms with van der Waals surface area (Å²) in [4.78, 5) is 10.6. The van der Waals surface area contributed by atoms with Crippen molar-refractivity contribution in [2.75, 3.05) is 36.5 Å². The Balaban J connectivity index is 1.80. The molecular formula is C15H16ClFN4O2. The molecule has 1 aliphatic rings. The topological polar surface area (TPSA) is 70.5 Å². The van der Waals surface area contributed by atoms with E-state index in [0.717, 1.165) is 0 Å². The average Bonchev–Trinajstić information content (AvgIpc) is 2.59. The number of nitrogens with one attached hydrogen (secondary N) is 1. The van der Waals surface area contributed by atoms with Gasteiger partial charge in [0, 0.05) is 18.8 Å². The highest BCUT2D eigenvalue weighted by Crippen LogP contribution is 2.25. The predicted molar refractivity (Wildman–Crippen MR) is 85.8 cm³/mol. The summed E-state index contributed by atoms with van der Waals surface area (Å²) in [6.45, 7) is 1.59. The zero-order valence-electron chi connectivity index (χ0n) is 12.2. The van der Waals surface area contributed by atoms with Gasteiger partial charge in [-0.1, -0.05) is 11.6 Å². The number of morpholine rings is 1. The Kier molecular flexibility index (Phi) is 4.90. The molecule has 0 saturated carbocycles. The molecule has 1 unspecified atom stereocenters. The van der Waals surface area contributed by atoms with Crippen LogP contribution in [-0.4, -0.2) is 47.5 Å². The van der Waals surface area contributed by atoms with Gasteiger partial charge in [-0.2, -0.15) is 4.98 Å². The third-order valence-electron chi connectivity index (χ3n) is 3.46. The van der Waals surface area contributed by atoms with Crippen molar-refractivity contribution in [3.8, 4) is 0 Å². The molecule has 1 saturated heterocycles. The molecule has 2 heterocycles. The van der Waals surface area contributed by atoms with Gasteiger partial charge in [0.25, 0.3) is 0 Å². The summed E-state index contributed by atoms with van der Waals surface area (Å²) in [5.74, 6) is 0.629. The number of ether oxygens (including phenoxy) is 1. The summed E-state index contributed by atoms with van der Waals surface area (Å²) in [6, 6.07) is 5.91. The zero-order valence-corrected chi connectivity index (χ0v) is 13.0. The minimum atomic E-state index is -0.312. The second kappa shape index (κ2) is 7.08. The number of nitrogens with zero attached hydrogens (tertiary/aromatic N) is 3. The van der Waals surface area contributed by atoms with Crippen LogP contribution in [0.3, 0.4) is 0 Å². The predicted octanol–water partition coefficient (Wildman–Crippen LogP) is 2.21. The maximum Gasteiger partial charge on any atom is 0.227 e. The van der Waals surface area contributed by atoms with E-state index in [9.17, 15) is 9.50 Å². The highest BCUT2D eigenvalue weighted by atomic mass is 35.5. The minimum absolute atomic E-state index is 0.0508. The van der Waals surface area contributed by atoms with Gasteiger partial charge < -0.3 is 20.1 Å². The highest BCUT2D eigenvalue weighted by Gasteiger charge is 2.22. The largest absolute Gasteiger partial charge is 0.394 e. The molecule has 2 aromatic rings. The fourth-order valence-electron chi connectivity index (χ4n) is 2.28. The van der Waals surface area contributed by atoms with Crippen molar-refractivity contribution >= 4 is 29.1 Å². The molecule has 1 aromatic carbocycles. The van der Waals surface area contributed by atoms with Crippen molar-refractivity contribution in [3.05, 3.63) is 41.3 Å². The third-order valence-corrected chi connectivity index (χ3v) is 3.74. The Morgan fingerprint density at radius 1 is 1.39 bits per heavy atom. The quantitative estimate of drug-likeness (QED) is 0.890. The molecule has 1 aliphatic heterocycles. The Hall–Kier alpha value is -1.96. The molecule has 1 atom stereocenters. The Morgan fingerprint density at radius 3 is 2.91 bits per heavy atom. The maximum atomic E-state index is 13.0. The smallest absolute Gasteiger partial charge is 0.227 e. The van der Waals surface area contributed by atoms with Gasteiger partial charge in [0.15, 0.2) is 5.82 Å². The van der Waals surface area contributed by atoms with E-state index < -0.39 is 0 Å². The summed E-state index contributed by atoms with van der Waals surface area (Å²) in [6.07, 6.45) is 1.26. The first-order valence-electron chi connectivity index (χ1n) is 7.18. The van der Waals surface area contributed by atoms with Gasteiger partial charge in [0.2, 0.25) is 5.95 Å². The number of benzene rings is 1. The second-order valence-electron chi connectivity index (χ2n) is 5.12. The summed E-state index contributed by atoms with van der Waals surface area (Å²) in [7, 11) is 0. The Bertz CT molecular complexity index is 671. The number of aliphatic hydroxyl groups excluding tert-OH is 1. The zero-order chi connectivity index (χ0) is 16.2. The van der Waals surface area contributed by atoms with E-state index in [-0.39, 0.29) is 18.5 Å². The van der Waals surface area contributed by atoms with E-state index in [4.69, 9.17) is 16.3 Å². The first-order chi connectivity index (χ1) is 11.2. The van der Waals surface area contributed by atoms with Crippen LogP contribution in [0.4, 0.5) is 21.8 Å². The van der Waals surface area contributed by atoms with Crippen molar-refractivity contribution in [2.24, 2.45) is 0 Å². The summed E-state index contributed by atoms with van der Waals surface area (Å²) in [5.41, 5.74) is 0.674. The van der Waals surface area contributed by atoms with Crippen molar-refractivity contribution in [1.29, 1.82) is 0 Å². The molecule has 1 aromatic heterocycles. The van der Waals surface area contributed by atoms with Crippen LogP contribution in [-0.2, 0) is 4.74 Å². The normalized spacial score (nSPS) is 18.0. The molecule has 23 heavy (non-hydrogen) atoms. The van der Waals surface area contributed by atoms with E-state index in [1.807, 2.05) is 4.90 Å². The maximum absolute atomic E-state index is 13.0. The number of rotatable bonds is 4. The number of hydrogen-bond acceptors (Lipinski definition) is 6. The van der Waals surface area contributed by atoms with Crippen molar-refractivity contribution in [1.82, 2.24) is 9.97 Å². The van der Waals surface area contributed by atoms with Gasteiger partial charge >= 0.3 is 0 Å². The van der Waals surface area contributed by atoms with Crippen LogP contribution >= 0.6 is 11.6 Å². The molecule has 0 aliphatic carbocycles. The fourth-order valence-corrected chi connectivity index (χ4v) is 2.42. The molecule has 3 rings (SSSR count). The number of aromatic nitrogens is 2. The SMILES string of the molecule is OCC1CN(c2ncc(Cl)c(Nc3ccc(F)cc3)n2)CCO1. The monoisotopic (exact) mass is 338 g/mol. The highest BCUT2D eigenvalue weighted by molar-refractivity contribution is 6.32. The molecule has 0 bridgehead atoms. The molecule has 122 valence electrons. The lowest BCUT2D eigenvalue weighted by Crippen LogP contribution is -2.44. The van der Waals surface area contributed by atoms with Crippen LogP contribution < -0.4 is 10.2 Å². The van der Waals surface area contributed by atoms with Crippen LogP contribution in [0.2, 0.25) is 5.02 Å². The van der Waals surface area contributed by atoms with Gasteiger partial charge in [0.1, 0.15) is 10.8 Å². The van der Waals surface area contributed by atoms with E-state index in [0.29, 0.717) is 42.2 Å². The first-order valence-corrected chi connectivity index (χ1v) is 7.56. The van der Waals surface area contributed by atoms with Crippen LogP contribution in [0, 0.1) is 5.82 Å². The van der Waals surface area contributed by atoms with Gasteiger partial charge in [0.05, 0.1) is 25.5 Å². The van der Waals surface area contributed by atoms with Gasteiger partial charge in [-0.05, 0) is 24.3 Å². The Labute approximate surface area is 137 Å². The molecule has 1 fully saturated rings. The standard InChI is InChI=1S/C15H16ClFN4O2/c16-13-7-18-15(21-5-6-23-12(8-21)9-22)20-14(13)19-11-3-1-10(17)2-4-11/h1-4,7,12,22H,5-6,8-9H2,(H,18,19,20). The Morgan fingerprint density at radius 2 is 2.17 bits per heavy atom. The average molecular weight is 339 g/mol. The summed E-state index contributed by atoms with van der Waals surface area (Å²) < 4.78 is 18.4. The molecule has 0 radical (unpaired) electrons. The number of halogens is 2. The molecule has 0 spiro atoms. The van der Waals surface area contributed by atoms with Gasteiger partial charge in [-0.15, -0.1) is 0 Å². The number of hydrogen-bond donors (Lipinski definition) is 2. The van der Waals surface area contributed by atoms with E-state index >= 15 is 0 Å². The lowest BCUT2D eigenvalue weighted by molar-refractivity contribution is 0.00314. The van der Waals surface area contributed by atoms with E-state index in [1.54, 1.807) is 12.1 Å². The molecule has 8 heteroatoms. The van der Waals surface area contributed by atoms with Crippen LogP contribution in [0.15, 0.2) is 30.5 Å². The van der Waals surface area contributed by atoms with Crippen molar-refractivity contribution in [2.45, 2.75) is 6.10 Å². The molecule has 6 nitrogen and oxygen atoms in total. The summed E-state index contributed by atoms with van der Waals surface area (Å²) in [5, 5.41) is 12.6. The molecule has 0 amide bonds. The number of aliphatic hydroxyl groups is 1. The first kappa shape index (κ1) is 15.9. The lowest BCUT2D eigenvalue weighted by atomic mass is 10.3. The van der Waals surface area contributed by atoms with Crippen molar-refractivity contribution < 1.29 is 14.2 Å². The van der Waals surface area contributed by atoms with Crippen molar-refractivity contribution in [3.63, 3.8) is 0 Å². The lowest BCUT2D eigenvalue weighted by Gasteiger charge is -2.32. The van der Waals surface area contributed by atoms with Crippen LogP contribution in [0.25, 0.3) is 0 Å². The summed E-state index contributed by atoms with van der Waals surface area (Å²) >= 11 is 6.13. The molecule has 2 N–H and O–H groups in total.